The van der Waals surface area contributed by atoms with Crippen molar-refractivity contribution in [2.75, 3.05) is 6.54 Å². The Hall–Kier alpha value is -2.65. The van der Waals surface area contributed by atoms with Crippen molar-refractivity contribution >= 4 is 21.8 Å². The van der Waals surface area contributed by atoms with Crippen LogP contribution in [0.3, 0.4) is 0 Å². The fourth-order valence-electron chi connectivity index (χ4n) is 4.18. The van der Waals surface area contributed by atoms with E-state index in [1.165, 1.54) is 38.7 Å². The molecule has 3 N–H and O–H groups in total. The van der Waals surface area contributed by atoms with E-state index in [2.05, 4.69) is 66.3 Å². The Morgan fingerprint density at radius 3 is 2.64 bits per heavy atom. The van der Waals surface area contributed by atoms with Gasteiger partial charge in [-0.15, -0.1) is 0 Å². The Kier molecular flexibility index (Phi) is 5.45. The molecule has 0 aliphatic heterocycles. The van der Waals surface area contributed by atoms with Gasteiger partial charge in [0, 0.05) is 28.0 Å². The van der Waals surface area contributed by atoms with Crippen molar-refractivity contribution in [3.05, 3.63) is 65.9 Å². The van der Waals surface area contributed by atoms with Crippen molar-refractivity contribution in [1.29, 1.82) is 0 Å². The van der Waals surface area contributed by atoms with Crippen LogP contribution in [-0.2, 0) is 6.42 Å². The van der Waals surface area contributed by atoms with Crippen molar-refractivity contribution in [2.45, 2.75) is 45.4 Å². The molecule has 1 atom stereocenters. The van der Waals surface area contributed by atoms with E-state index in [-0.39, 0.29) is 0 Å². The molecule has 4 rings (SSSR count). The molecule has 0 aliphatic carbocycles. The van der Waals surface area contributed by atoms with Crippen molar-refractivity contribution in [1.82, 2.24) is 9.97 Å². The lowest BCUT2D eigenvalue weighted by atomic mass is 9.94. The van der Waals surface area contributed by atoms with Crippen molar-refractivity contribution in [2.24, 2.45) is 5.73 Å². The standard InChI is InChI=1S/C25H29N3/c1-3-17(2)18-10-6-11-22-21(9-4-5-15-26)25(28-24(18)22)20-12-7-14-23-19(20)13-8-16-27-23/h6-8,10-14,16-17,28H,3-5,9,15,26H2,1-2H3. The molecule has 0 saturated heterocycles. The first-order valence-electron chi connectivity index (χ1n) is 10.4. The Morgan fingerprint density at radius 2 is 1.82 bits per heavy atom. The monoisotopic (exact) mass is 371 g/mol. The molecule has 0 amide bonds. The maximum absolute atomic E-state index is 5.77. The number of nitrogens with two attached hydrogens (primary N) is 1. The molecule has 0 radical (unpaired) electrons. The molecule has 0 saturated carbocycles. The average Bonchev–Trinajstić information content (AvgIpc) is 3.11. The number of aromatic nitrogens is 2. The number of fused-ring (bicyclic) bond motifs is 2. The summed E-state index contributed by atoms with van der Waals surface area (Å²) < 4.78 is 0. The second-order valence-corrected chi connectivity index (χ2v) is 7.68. The van der Waals surface area contributed by atoms with Gasteiger partial charge in [-0.3, -0.25) is 4.98 Å². The van der Waals surface area contributed by atoms with Crippen LogP contribution >= 0.6 is 0 Å². The predicted molar refractivity (Wildman–Crippen MR) is 120 cm³/mol. The molecule has 2 aromatic carbocycles. The lowest BCUT2D eigenvalue weighted by Crippen LogP contribution is -1.99. The number of nitrogens with one attached hydrogen (secondary N) is 1. The minimum atomic E-state index is 0.529. The Morgan fingerprint density at radius 1 is 1.00 bits per heavy atom. The highest BCUT2D eigenvalue weighted by Crippen LogP contribution is 2.38. The molecule has 3 nitrogen and oxygen atoms in total. The van der Waals surface area contributed by atoms with Gasteiger partial charge in [-0.05, 0) is 61.4 Å². The molecule has 2 aromatic heterocycles. The van der Waals surface area contributed by atoms with E-state index in [9.17, 15) is 0 Å². The molecular formula is C25H29N3. The maximum Gasteiger partial charge on any atom is 0.0708 e. The molecule has 0 aliphatic rings. The van der Waals surface area contributed by atoms with Gasteiger partial charge in [0.05, 0.1) is 11.2 Å². The Bertz CT molecular complexity index is 1090. The number of aromatic amines is 1. The predicted octanol–water partition coefficient (Wildman–Crippen LogP) is 6.18. The number of H-pyrrole nitrogens is 1. The topological polar surface area (TPSA) is 54.7 Å². The van der Waals surface area contributed by atoms with Crippen LogP contribution in [0.2, 0.25) is 0 Å². The van der Waals surface area contributed by atoms with Gasteiger partial charge in [0.2, 0.25) is 0 Å². The number of rotatable bonds is 7. The Balaban J connectivity index is 1.97. The summed E-state index contributed by atoms with van der Waals surface area (Å²) in [6.45, 7) is 5.31. The molecule has 2 heterocycles. The summed E-state index contributed by atoms with van der Waals surface area (Å²) in [5, 5.41) is 2.55. The van der Waals surface area contributed by atoms with E-state index < -0.39 is 0 Å². The zero-order valence-electron chi connectivity index (χ0n) is 16.8. The largest absolute Gasteiger partial charge is 0.354 e. The first-order valence-corrected chi connectivity index (χ1v) is 10.4. The highest BCUT2D eigenvalue weighted by atomic mass is 14.7. The van der Waals surface area contributed by atoms with Crippen molar-refractivity contribution < 1.29 is 0 Å². The first kappa shape index (κ1) is 18.7. The van der Waals surface area contributed by atoms with Crippen LogP contribution in [0, 0.1) is 0 Å². The van der Waals surface area contributed by atoms with Crippen molar-refractivity contribution in [3.8, 4) is 11.3 Å². The first-order chi connectivity index (χ1) is 13.7. The number of hydrogen-bond donors (Lipinski definition) is 2. The maximum atomic E-state index is 5.77. The van der Waals surface area contributed by atoms with Crippen LogP contribution in [0.4, 0.5) is 0 Å². The molecule has 4 aromatic rings. The zero-order chi connectivity index (χ0) is 19.5. The second kappa shape index (κ2) is 8.15. The third-order valence-electron chi connectivity index (χ3n) is 5.91. The lowest BCUT2D eigenvalue weighted by Gasteiger charge is -2.10. The molecule has 0 spiro atoms. The van der Waals surface area contributed by atoms with Crippen LogP contribution in [0.15, 0.2) is 54.7 Å². The molecule has 3 heteroatoms. The number of aryl methyl sites for hydroxylation is 1. The van der Waals surface area contributed by atoms with Crippen LogP contribution in [0.1, 0.15) is 50.2 Å². The zero-order valence-corrected chi connectivity index (χ0v) is 16.8. The van der Waals surface area contributed by atoms with Crippen LogP contribution < -0.4 is 5.73 Å². The minimum Gasteiger partial charge on any atom is -0.354 e. The lowest BCUT2D eigenvalue weighted by molar-refractivity contribution is 0.738. The van der Waals surface area contributed by atoms with Gasteiger partial charge in [-0.2, -0.15) is 0 Å². The third-order valence-corrected chi connectivity index (χ3v) is 5.91. The van der Waals surface area contributed by atoms with Gasteiger partial charge in [0.15, 0.2) is 0 Å². The van der Waals surface area contributed by atoms with E-state index in [4.69, 9.17) is 5.73 Å². The summed E-state index contributed by atoms with van der Waals surface area (Å²) >= 11 is 0. The number of para-hydroxylation sites is 1. The van der Waals surface area contributed by atoms with E-state index in [1.54, 1.807) is 0 Å². The van der Waals surface area contributed by atoms with Crippen LogP contribution in [0.25, 0.3) is 33.1 Å². The van der Waals surface area contributed by atoms with Crippen LogP contribution in [-0.4, -0.2) is 16.5 Å². The number of benzene rings is 2. The minimum absolute atomic E-state index is 0.529. The molecule has 144 valence electrons. The summed E-state index contributed by atoms with van der Waals surface area (Å²) in [7, 11) is 0. The third kappa shape index (κ3) is 3.31. The van der Waals surface area contributed by atoms with Crippen LogP contribution in [0.5, 0.6) is 0 Å². The van der Waals surface area contributed by atoms with E-state index in [0.717, 1.165) is 37.7 Å². The van der Waals surface area contributed by atoms with Gasteiger partial charge in [-0.1, -0.05) is 50.2 Å². The smallest absolute Gasteiger partial charge is 0.0708 e. The van der Waals surface area contributed by atoms with Gasteiger partial charge in [0.25, 0.3) is 0 Å². The SMILES string of the molecule is CCC(C)c1cccc2c(CCCCN)c(-c3cccc4ncccc34)[nH]c12. The van der Waals surface area contributed by atoms with Gasteiger partial charge in [0.1, 0.15) is 0 Å². The quantitative estimate of drug-likeness (QED) is 0.381. The average molecular weight is 372 g/mol. The van der Waals surface area contributed by atoms with Gasteiger partial charge >= 0.3 is 0 Å². The molecule has 28 heavy (non-hydrogen) atoms. The fourth-order valence-corrected chi connectivity index (χ4v) is 4.18. The molecule has 0 bridgehead atoms. The van der Waals surface area contributed by atoms with E-state index in [1.807, 2.05) is 12.3 Å². The normalized spacial score (nSPS) is 12.7. The second-order valence-electron chi connectivity index (χ2n) is 7.68. The summed E-state index contributed by atoms with van der Waals surface area (Å²) in [5.41, 5.74) is 13.4. The number of hydrogen-bond acceptors (Lipinski definition) is 2. The number of unbranched alkanes of at least 4 members (excludes halogenated alkanes) is 1. The summed E-state index contributed by atoms with van der Waals surface area (Å²) in [5.74, 6) is 0.529. The number of nitrogens with zero attached hydrogens (tertiary/aromatic N) is 1. The van der Waals surface area contributed by atoms with Gasteiger partial charge in [-0.25, -0.2) is 0 Å². The summed E-state index contributed by atoms with van der Waals surface area (Å²) in [6, 6.07) is 17.3. The highest BCUT2D eigenvalue weighted by molar-refractivity contribution is 6.00. The number of pyridine rings is 1. The molecule has 0 fully saturated rings. The summed E-state index contributed by atoms with van der Waals surface area (Å²) in [6.07, 6.45) is 6.18. The van der Waals surface area contributed by atoms with Gasteiger partial charge < -0.3 is 10.7 Å². The molecular weight excluding hydrogens is 342 g/mol. The van der Waals surface area contributed by atoms with E-state index >= 15 is 0 Å². The van der Waals surface area contributed by atoms with Crippen molar-refractivity contribution in [3.63, 3.8) is 0 Å². The summed E-state index contributed by atoms with van der Waals surface area (Å²) in [4.78, 5) is 8.38. The Labute approximate surface area is 167 Å². The fraction of sp³-hybridized carbons (Fsp3) is 0.320. The highest BCUT2D eigenvalue weighted by Gasteiger charge is 2.18. The van der Waals surface area contributed by atoms with E-state index in [0.29, 0.717) is 5.92 Å². The molecule has 1 unspecified atom stereocenters.